The van der Waals surface area contributed by atoms with Crippen LogP contribution in [0.3, 0.4) is 0 Å². The van der Waals surface area contributed by atoms with Crippen molar-refractivity contribution < 1.29 is 5.11 Å². The summed E-state index contributed by atoms with van der Waals surface area (Å²) >= 11 is 3.44. The van der Waals surface area contributed by atoms with Gasteiger partial charge in [-0.1, -0.05) is 34.1 Å². The van der Waals surface area contributed by atoms with Gasteiger partial charge in [0.15, 0.2) is 0 Å². The maximum absolute atomic E-state index is 10.2. The van der Waals surface area contributed by atoms with Crippen molar-refractivity contribution in [2.24, 2.45) is 0 Å². The molecule has 0 bridgehead atoms. The summed E-state index contributed by atoms with van der Waals surface area (Å²) < 4.78 is 1.05. The number of hydrogen-bond donors (Lipinski definition) is 1. The van der Waals surface area contributed by atoms with Crippen LogP contribution >= 0.6 is 15.9 Å². The third kappa shape index (κ3) is 2.31. The van der Waals surface area contributed by atoms with E-state index in [4.69, 9.17) is 0 Å². The molecule has 82 valence electrons. The van der Waals surface area contributed by atoms with Gasteiger partial charge < -0.3 is 5.11 Å². The molecule has 0 aliphatic carbocycles. The minimum atomic E-state index is -0.611. The van der Waals surface area contributed by atoms with E-state index in [2.05, 4.69) is 20.9 Å². The van der Waals surface area contributed by atoms with Gasteiger partial charge in [0, 0.05) is 22.4 Å². The highest BCUT2D eigenvalue weighted by Crippen LogP contribution is 2.25. The normalized spacial score (nSPS) is 12.4. The lowest BCUT2D eigenvalue weighted by Gasteiger charge is -2.12. The first-order valence-corrected chi connectivity index (χ1v) is 5.82. The van der Waals surface area contributed by atoms with Gasteiger partial charge >= 0.3 is 0 Å². The third-order valence-corrected chi connectivity index (χ3v) is 3.39. The van der Waals surface area contributed by atoms with Crippen LogP contribution in [0.15, 0.2) is 47.2 Å². The van der Waals surface area contributed by atoms with E-state index in [9.17, 15) is 5.11 Å². The summed E-state index contributed by atoms with van der Waals surface area (Å²) in [5.74, 6) is 0. The number of aromatic nitrogens is 1. The molecule has 1 aromatic heterocycles. The van der Waals surface area contributed by atoms with E-state index < -0.39 is 6.10 Å². The molecule has 0 aliphatic heterocycles. The molecule has 16 heavy (non-hydrogen) atoms. The van der Waals surface area contributed by atoms with Crippen molar-refractivity contribution in [3.05, 3.63) is 63.9 Å². The second-order valence-electron chi connectivity index (χ2n) is 3.70. The zero-order valence-electron chi connectivity index (χ0n) is 8.89. The first-order chi connectivity index (χ1) is 7.68. The molecular weight excluding hydrogens is 266 g/mol. The number of benzene rings is 1. The summed E-state index contributed by atoms with van der Waals surface area (Å²) in [6, 6.07) is 9.53. The van der Waals surface area contributed by atoms with Crippen molar-refractivity contribution in [3.63, 3.8) is 0 Å². The predicted octanol–water partition coefficient (Wildman–Crippen LogP) is 3.23. The Balaban J connectivity index is 2.34. The quantitative estimate of drug-likeness (QED) is 0.914. The van der Waals surface area contributed by atoms with Crippen molar-refractivity contribution in [3.8, 4) is 0 Å². The maximum atomic E-state index is 10.2. The fourth-order valence-corrected chi connectivity index (χ4v) is 1.81. The van der Waals surface area contributed by atoms with Crippen molar-refractivity contribution in [2.75, 3.05) is 0 Å². The van der Waals surface area contributed by atoms with Crippen LogP contribution in [0, 0.1) is 6.92 Å². The van der Waals surface area contributed by atoms with E-state index in [0.29, 0.717) is 0 Å². The molecule has 0 fully saturated rings. The summed E-state index contributed by atoms with van der Waals surface area (Å²) in [5, 5.41) is 10.2. The largest absolute Gasteiger partial charge is 0.384 e. The van der Waals surface area contributed by atoms with E-state index in [1.54, 1.807) is 12.4 Å². The Labute approximate surface area is 103 Å². The Morgan fingerprint density at radius 1 is 1.25 bits per heavy atom. The average Bonchev–Trinajstić information content (AvgIpc) is 2.33. The molecule has 0 saturated carbocycles. The second kappa shape index (κ2) is 4.76. The van der Waals surface area contributed by atoms with Crippen LogP contribution in [-0.2, 0) is 0 Å². The molecular formula is C13H12BrNO. The minimum absolute atomic E-state index is 0.611. The van der Waals surface area contributed by atoms with Gasteiger partial charge in [-0.3, -0.25) is 4.98 Å². The zero-order valence-corrected chi connectivity index (χ0v) is 10.5. The van der Waals surface area contributed by atoms with E-state index in [-0.39, 0.29) is 0 Å². The monoisotopic (exact) mass is 277 g/mol. The van der Waals surface area contributed by atoms with Crippen LogP contribution < -0.4 is 0 Å². The highest BCUT2D eigenvalue weighted by molar-refractivity contribution is 9.10. The van der Waals surface area contributed by atoms with Crippen molar-refractivity contribution in [2.45, 2.75) is 13.0 Å². The number of aliphatic hydroxyl groups is 1. The first kappa shape index (κ1) is 11.3. The van der Waals surface area contributed by atoms with Gasteiger partial charge in [0.2, 0.25) is 0 Å². The maximum Gasteiger partial charge on any atom is 0.106 e. The van der Waals surface area contributed by atoms with Crippen LogP contribution in [0.5, 0.6) is 0 Å². The van der Waals surface area contributed by atoms with Gasteiger partial charge in [0.05, 0.1) is 0 Å². The number of aliphatic hydroxyl groups excluding tert-OH is 1. The molecule has 1 heterocycles. The van der Waals surface area contributed by atoms with E-state index in [1.807, 2.05) is 37.3 Å². The van der Waals surface area contributed by atoms with Gasteiger partial charge in [-0.25, -0.2) is 0 Å². The standard InChI is InChI=1S/C13H12BrNO/c1-9-7-10(4-5-12(9)14)13(16)11-3-2-6-15-8-11/h2-8,13,16H,1H3. The fraction of sp³-hybridized carbons (Fsp3) is 0.154. The van der Waals surface area contributed by atoms with E-state index in [0.717, 1.165) is 21.2 Å². The third-order valence-electron chi connectivity index (χ3n) is 2.50. The van der Waals surface area contributed by atoms with E-state index >= 15 is 0 Å². The molecule has 1 N–H and O–H groups in total. The topological polar surface area (TPSA) is 33.1 Å². The Morgan fingerprint density at radius 2 is 2.06 bits per heavy atom. The molecule has 0 saturated heterocycles. The van der Waals surface area contributed by atoms with Crippen LogP contribution in [-0.4, -0.2) is 10.1 Å². The van der Waals surface area contributed by atoms with Crippen LogP contribution in [0.1, 0.15) is 22.8 Å². The molecule has 0 radical (unpaired) electrons. The molecule has 3 heteroatoms. The number of pyridine rings is 1. The first-order valence-electron chi connectivity index (χ1n) is 5.02. The van der Waals surface area contributed by atoms with Crippen LogP contribution in [0.4, 0.5) is 0 Å². The van der Waals surface area contributed by atoms with Crippen molar-refractivity contribution in [1.29, 1.82) is 0 Å². The molecule has 2 nitrogen and oxygen atoms in total. The van der Waals surface area contributed by atoms with Crippen molar-refractivity contribution >= 4 is 15.9 Å². The molecule has 0 aliphatic rings. The zero-order chi connectivity index (χ0) is 11.5. The Morgan fingerprint density at radius 3 is 2.69 bits per heavy atom. The van der Waals surface area contributed by atoms with Gasteiger partial charge in [-0.2, -0.15) is 0 Å². The molecule has 1 unspecified atom stereocenters. The summed E-state index contributed by atoms with van der Waals surface area (Å²) in [4.78, 5) is 4.00. The van der Waals surface area contributed by atoms with Gasteiger partial charge in [-0.05, 0) is 30.2 Å². The lowest BCUT2D eigenvalue weighted by atomic mass is 10.0. The summed E-state index contributed by atoms with van der Waals surface area (Å²) in [6.07, 6.45) is 2.77. The van der Waals surface area contributed by atoms with Gasteiger partial charge in [0.1, 0.15) is 6.10 Å². The molecule has 0 spiro atoms. The number of rotatable bonds is 2. The minimum Gasteiger partial charge on any atom is -0.384 e. The molecule has 1 atom stereocenters. The Hall–Kier alpha value is -1.19. The fourth-order valence-electron chi connectivity index (χ4n) is 1.57. The Kier molecular flexibility index (Phi) is 3.36. The highest BCUT2D eigenvalue weighted by Gasteiger charge is 2.10. The summed E-state index contributed by atoms with van der Waals surface area (Å²) in [5.41, 5.74) is 2.80. The highest BCUT2D eigenvalue weighted by atomic mass is 79.9. The Bertz CT molecular complexity index is 485. The number of nitrogens with zero attached hydrogens (tertiary/aromatic N) is 1. The number of aryl methyl sites for hydroxylation is 1. The van der Waals surface area contributed by atoms with Gasteiger partial charge in [0.25, 0.3) is 0 Å². The average molecular weight is 278 g/mol. The lowest BCUT2D eigenvalue weighted by molar-refractivity contribution is 0.220. The van der Waals surface area contributed by atoms with Crippen molar-refractivity contribution in [1.82, 2.24) is 4.98 Å². The van der Waals surface area contributed by atoms with Crippen LogP contribution in [0.25, 0.3) is 0 Å². The molecule has 1 aromatic carbocycles. The number of halogens is 1. The smallest absolute Gasteiger partial charge is 0.106 e. The van der Waals surface area contributed by atoms with E-state index in [1.165, 1.54) is 0 Å². The van der Waals surface area contributed by atoms with Crippen LogP contribution in [0.2, 0.25) is 0 Å². The molecule has 0 amide bonds. The summed E-state index contributed by atoms with van der Waals surface area (Å²) in [7, 11) is 0. The second-order valence-corrected chi connectivity index (χ2v) is 4.55. The number of hydrogen-bond acceptors (Lipinski definition) is 2. The molecule has 2 aromatic rings. The molecule has 2 rings (SSSR count). The summed E-state index contributed by atoms with van der Waals surface area (Å²) in [6.45, 7) is 2.00. The SMILES string of the molecule is Cc1cc(C(O)c2cccnc2)ccc1Br. The predicted molar refractivity (Wildman–Crippen MR) is 67.2 cm³/mol. The lowest BCUT2D eigenvalue weighted by Crippen LogP contribution is -2.00. The van der Waals surface area contributed by atoms with Gasteiger partial charge in [-0.15, -0.1) is 0 Å².